The smallest absolute Gasteiger partial charge is 0.475 e. The number of aliphatic carboxylic acids is 1. The number of alkyl halides is 3. The highest BCUT2D eigenvalue weighted by molar-refractivity contribution is 7.92. The van der Waals surface area contributed by atoms with E-state index in [0.717, 1.165) is 5.56 Å². The third kappa shape index (κ3) is 4.72. The lowest BCUT2D eigenvalue weighted by atomic mass is 10.0. The number of hydrogen-bond acceptors (Lipinski definition) is 4. The molecule has 0 bridgehead atoms. The van der Waals surface area contributed by atoms with Crippen LogP contribution in [-0.4, -0.2) is 37.2 Å². The van der Waals surface area contributed by atoms with Crippen LogP contribution < -0.4 is 5.73 Å². The molecule has 0 atom stereocenters. The summed E-state index contributed by atoms with van der Waals surface area (Å²) in [5.41, 5.74) is 7.31. The average molecular weight is 311 g/mol. The van der Waals surface area contributed by atoms with Crippen molar-refractivity contribution >= 4 is 21.5 Å². The summed E-state index contributed by atoms with van der Waals surface area (Å²) in [6, 6.07) is 7.41. The van der Waals surface area contributed by atoms with Gasteiger partial charge in [-0.2, -0.15) is 13.2 Å². The maximum Gasteiger partial charge on any atom is 0.490 e. The molecule has 0 amide bonds. The number of nitrogens with two attached hydrogens (primary N) is 1. The molecular weight excluding hydrogens is 299 g/mol. The Hall–Kier alpha value is -1.77. The second-order valence-electron chi connectivity index (χ2n) is 4.24. The molecule has 0 saturated carbocycles. The quantitative estimate of drug-likeness (QED) is 0.764. The Kier molecular flexibility index (Phi) is 4.64. The van der Waals surface area contributed by atoms with Crippen LogP contribution >= 0.6 is 0 Å². The zero-order valence-corrected chi connectivity index (χ0v) is 10.9. The van der Waals surface area contributed by atoms with Crippen LogP contribution in [0.1, 0.15) is 11.5 Å². The van der Waals surface area contributed by atoms with E-state index in [4.69, 9.17) is 15.6 Å². The highest BCUT2D eigenvalue weighted by Gasteiger charge is 2.38. The number of carboxylic acid groups (broad SMARTS) is 1. The number of anilines is 1. The number of carboxylic acids is 1. The van der Waals surface area contributed by atoms with Gasteiger partial charge in [0, 0.05) is 11.6 Å². The minimum atomic E-state index is -5.08. The Morgan fingerprint density at radius 2 is 1.60 bits per heavy atom. The number of carbonyl (C=O) groups is 1. The van der Waals surface area contributed by atoms with Crippen LogP contribution in [0, 0.1) is 0 Å². The van der Waals surface area contributed by atoms with Crippen molar-refractivity contribution in [3.63, 3.8) is 0 Å². The fraction of sp³-hybridized carbons (Fsp3) is 0.364. The van der Waals surface area contributed by atoms with Crippen LogP contribution in [-0.2, 0) is 14.6 Å². The molecule has 1 aromatic rings. The first kappa shape index (κ1) is 16.3. The lowest BCUT2D eigenvalue weighted by Crippen LogP contribution is -2.34. The Labute approximate surface area is 113 Å². The number of benzene rings is 1. The molecule has 112 valence electrons. The molecule has 0 aromatic heterocycles. The predicted molar refractivity (Wildman–Crippen MR) is 65.9 cm³/mol. The number of nitrogen functional groups attached to an aromatic ring is 1. The van der Waals surface area contributed by atoms with Crippen LogP contribution in [0.2, 0.25) is 0 Å². The van der Waals surface area contributed by atoms with Crippen molar-refractivity contribution in [3.8, 4) is 0 Å². The zero-order chi connectivity index (χ0) is 15.6. The largest absolute Gasteiger partial charge is 0.490 e. The van der Waals surface area contributed by atoms with Gasteiger partial charge in [0.05, 0.1) is 11.5 Å². The Morgan fingerprint density at radius 1 is 1.20 bits per heavy atom. The fourth-order valence-electron chi connectivity index (χ4n) is 1.52. The summed E-state index contributed by atoms with van der Waals surface area (Å²) in [7, 11) is -2.72. The SMILES string of the molecule is Nc1ccc(C2CS(=O)(=O)C2)cc1.O=C(O)C(F)(F)F. The second kappa shape index (κ2) is 5.70. The monoisotopic (exact) mass is 311 g/mol. The van der Waals surface area contributed by atoms with Crippen molar-refractivity contribution in [1.82, 2.24) is 0 Å². The van der Waals surface area contributed by atoms with E-state index < -0.39 is 22.0 Å². The van der Waals surface area contributed by atoms with Gasteiger partial charge in [-0.3, -0.25) is 0 Å². The molecule has 9 heteroatoms. The van der Waals surface area contributed by atoms with Crippen molar-refractivity contribution < 1.29 is 31.5 Å². The summed E-state index contributed by atoms with van der Waals surface area (Å²) in [6.07, 6.45) is -5.08. The Balaban J connectivity index is 0.000000246. The van der Waals surface area contributed by atoms with Gasteiger partial charge in [0.25, 0.3) is 0 Å². The lowest BCUT2D eigenvalue weighted by Gasteiger charge is -2.25. The van der Waals surface area contributed by atoms with Crippen LogP contribution in [0.3, 0.4) is 0 Å². The summed E-state index contributed by atoms with van der Waals surface area (Å²) < 4.78 is 53.6. The molecule has 3 N–H and O–H groups in total. The number of rotatable bonds is 1. The fourth-order valence-corrected chi connectivity index (χ4v) is 3.04. The minimum absolute atomic E-state index is 0.186. The van der Waals surface area contributed by atoms with Gasteiger partial charge in [-0.25, -0.2) is 13.2 Å². The summed E-state index contributed by atoms with van der Waals surface area (Å²) >= 11 is 0. The summed E-state index contributed by atoms with van der Waals surface area (Å²) in [5.74, 6) is -1.99. The van der Waals surface area contributed by atoms with Gasteiger partial charge in [-0.15, -0.1) is 0 Å². The first-order valence-corrected chi connectivity index (χ1v) is 7.19. The van der Waals surface area contributed by atoms with Gasteiger partial charge in [0.1, 0.15) is 0 Å². The molecule has 1 aromatic carbocycles. The van der Waals surface area contributed by atoms with Gasteiger partial charge in [-0.05, 0) is 17.7 Å². The molecule has 1 fully saturated rings. The van der Waals surface area contributed by atoms with Crippen LogP contribution in [0.25, 0.3) is 0 Å². The third-order valence-electron chi connectivity index (χ3n) is 2.56. The minimum Gasteiger partial charge on any atom is -0.475 e. The molecule has 1 heterocycles. The van der Waals surface area contributed by atoms with E-state index in [0.29, 0.717) is 5.69 Å². The molecule has 0 unspecified atom stereocenters. The first-order chi connectivity index (χ1) is 9.01. The van der Waals surface area contributed by atoms with Gasteiger partial charge < -0.3 is 10.8 Å². The van der Waals surface area contributed by atoms with Crippen molar-refractivity contribution in [3.05, 3.63) is 29.8 Å². The molecule has 2 rings (SSSR count). The lowest BCUT2D eigenvalue weighted by molar-refractivity contribution is -0.192. The van der Waals surface area contributed by atoms with E-state index in [-0.39, 0.29) is 17.4 Å². The summed E-state index contributed by atoms with van der Waals surface area (Å²) in [6.45, 7) is 0. The zero-order valence-electron chi connectivity index (χ0n) is 10.1. The number of halogens is 3. The molecule has 20 heavy (non-hydrogen) atoms. The molecule has 0 radical (unpaired) electrons. The van der Waals surface area contributed by atoms with E-state index in [2.05, 4.69) is 0 Å². The van der Waals surface area contributed by atoms with E-state index in [1.807, 2.05) is 12.1 Å². The van der Waals surface area contributed by atoms with Crippen molar-refractivity contribution in [1.29, 1.82) is 0 Å². The van der Waals surface area contributed by atoms with E-state index in [9.17, 15) is 21.6 Å². The molecule has 1 aliphatic heterocycles. The second-order valence-corrected chi connectivity index (χ2v) is 6.40. The van der Waals surface area contributed by atoms with Crippen LogP contribution in [0.5, 0.6) is 0 Å². The topological polar surface area (TPSA) is 97.5 Å². The Bertz CT molecular complexity index is 569. The Morgan fingerprint density at radius 3 is 1.90 bits per heavy atom. The van der Waals surface area contributed by atoms with E-state index >= 15 is 0 Å². The summed E-state index contributed by atoms with van der Waals surface area (Å²) in [5, 5.41) is 7.12. The number of sulfone groups is 1. The van der Waals surface area contributed by atoms with E-state index in [1.165, 1.54) is 0 Å². The van der Waals surface area contributed by atoms with Crippen LogP contribution in [0.15, 0.2) is 24.3 Å². The standard InChI is InChI=1S/C9H11NO2S.C2HF3O2/c10-9-3-1-7(2-4-9)8-5-13(11,12)6-8;3-2(4,5)1(6)7/h1-4,8H,5-6,10H2;(H,6,7). The molecule has 0 spiro atoms. The molecule has 1 aliphatic rings. The predicted octanol–water partition coefficient (Wildman–Crippen LogP) is 1.41. The molecule has 1 saturated heterocycles. The molecular formula is C11H12F3NO4S. The number of hydrogen-bond donors (Lipinski definition) is 2. The van der Waals surface area contributed by atoms with E-state index in [1.54, 1.807) is 12.1 Å². The highest BCUT2D eigenvalue weighted by atomic mass is 32.2. The van der Waals surface area contributed by atoms with Gasteiger partial charge in [-0.1, -0.05) is 12.1 Å². The van der Waals surface area contributed by atoms with Crippen molar-refractivity contribution in [2.75, 3.05) is 17.2 Å². The van der Waals surface area contributed by atoms with Crippen molar-refractivity contribution in [2.45, 2.75) is 12.1 Å². The average Bonchev–Trinajstić information content (AvgIpc) is 2.26. The van der Waals surface area contributed by atoms with Gasteiger partial charge in [0.15, 0.2) is 9.84 Å². The molecule has 5 nitrogen and oxygen atoms in total. The summed E-state index contributed by atoms with van der Waals surface area (Å²) in [4.78, 5) is 8.90. The van der Waals surface area contributed by atoms with Gasteiger partial charge in [0.2, 0.25) is 0 Å². The molecule has 0 aliphatic carbocycles. The third-order valence-corrected chi connectivity index (χ3v) is 4.38. The maximum atomic E-state index is 10.9. The first-order valence-electron chi connectivity index (χ1n) is 5.37. The van der Waals surface area contributed by atoms with Crippen LogP contribution in [0.4, 0.5) is 18.9 Å². The highest BCUT2D eigenvalue weighted by Crippen LogP contribution is 2.29. The normalized spacial score (nSPS) is 17.6. The van der Waals surface area contributed by atoms with Gasteiger partial charge >= 0.3 is 12.1 Å². The van der Waals surface area contributed by atoms with Crippen molar-refractivity contribution in [2.24, 2.45) is 0 Å². The maximum absolute atomic E-state index is 10.9.